The molecule has 2 N–H and O–H groups in total. The highest BCUT2D eigenvalue weighted by Crippen LogP contribution is 2.22. The molecular formula is C18H21NO5S. The normalized spacial score (nSPS) is 21.0. The first-order valence-corrected chi connectivity index (χ1v) is 9.94. The van der Waals surface area contributed by atoms with Gasteiger partial charge in [0.1, 0.15) is 0 Å². The molecule has 0 aliphatic heterocycles. The number of rotatable bonds is 5. The van der Waals surface area contributed by atoms with Crippen LogP contribution in [0.5, 0.6) is 0 Å². The minimum atomic E-state index is -3.55. The van der Waals surface area contributed by atoms with E-state index in [0.29, 0.717) is 31.2 Å². The molecule has 7 heteroatoms. The molecule has 0 saturated heterocycles. The number of nitrogens with one attached hydrogen (secondary N) is 1. The predicted octanol–water partition coefficient (Wildman–Crippen LogP) is 2.29. The molecule has 1 fully saturated rings. The average molecular weight is 363 g/mol. The first-order valence-electron chi connectivity index (χ1n) is 8.29. The fourth-order valence-electron chi connectivity index (χ4n) is 3.04. The van der Waals surface area contributed by atoms with Crippen molar-refractivity contribution in [1.82, 2.24) is 5.32 Å². The zero-order valence-corrected chi connectivity index (χ0v) is 14.5. The van der Waals surface area contributed by atoms with Gasteiger partial charge in [0.2, 0.25) is 0 Å². The van der Waals surface area contributed by atoms with E-state index in [2.05, 4.69) is 5.32 Å². The predicted molar refractivity (Wildman–Crippen MR) is 91.8 cm³/mol. The maximum absolute atomic E-state index is 12.5. The summed E-state index contributed by atoms with van der Waals surface area (Å²) < 4.78 is 30.2. The minimum Gasteiger partial charge on any atom is -0.459 e. The lowest BCUT2D eigenvalue weighted by Crippen LogP contribution is -2.38. The maximum Gasteiger partial charge on any atom is 0.287 e. The van der Waals surface area contributed by atoms with Crippen LogP contribution in [0, 0.1) is 0 Å². The number of carbonyl (C=O) groups is 1. The second kappa shape index (κ2) is 7.41. The van der Waals surface area contributed by atoms with Crippen molar-refractivity contribution in [3.05, 3.63) is 54.0 Å². The lowest BCUT2D eigenvalue weighted by molar-refractivity contribution is 0.0842. The molecular weight excluding hydrogens is 342 g/mol. The Hall–Kier alpha value is -2.12. The Bertz CT molecular complexity index is 820. The summed E-state index contributed by atoms with van der Waals surface area (Å²) in [5, 5.41) is 12.4. The van der Waals surface area contributed by atoms with Crippen molar-refractivity contribution < 1.29 is 22.7 Å². The smallest absolute Gasteiger partial charge is 0.287 e. The quantitative estimate of drug-likeness (QED) is 0.849. The van der Waals surface area contributed by atoms with Gasteiger partial charge < -0.3 is 14.8 Å². The molecule has 1 aliphatic carbocycles. The van der Waals surface area contributed by atoms with E-state index in [9.17, 15) is 18.3 Å². The summed E-state index contributed by atoms with van der Waals surface area (Å²) in [7, 11) is -3.55. The Morgan fingerprint density at radius 2 is 1.80 bits per heavy atom. The molecule has 0 unspecified atom stereocenters. The highest BCUT2D eigenvalue weighted by atomic mass is 32.2. The highest BCUT2D eigenvalue weighted by molar-refractivity contribution is 7.90. The molecule has 1 amide bonds. The number of carbonyl (C=O) groups excluding carboxylic acids is 1. The van der Waals surface area contributed by atoms with E-state index in [1.165, 1.54) is 24.5 Å². The average Bonchev–Trinajstić information content (AvgIpc) is 3.05. The van der Waals surface area contributed by atoms with E-state index in [1.807, 2.05) is 0 Å². The number of amides is 1. The largest absolute Gasteiger partial charge is 0.459 e. The van der Waals surface area contributed by atoms with Crippen LogP contribution in [0.3, 0.4) is 0 Å². The van der Waals surface area contributed by atoms with E-state index >= 15 is 0 Å². The van der Waals surface area contributed by atoms with Gasteiger partial charge in [-0.1, -0.05) is 18.2 Å². The molecule has 1 aliphatic rings. The summed E-state index contributed by atoms with van der Waals surface area (Å²) in [5.41, 5.74) is 0.345. The summed E-state index contributed by atoms with van der Waals surface area (Å²) in [4.78, 5) is 12.6. The molecule has 2 aromatic rings. The van der Waals surface area contributed by atoms with Gasteiger partial charge >= 0.3 is 0 Å². The van der Waals surface area contributed by atoms with Gasteiger partial charge in [0, 0.05) is 11.6 Å². The van der Waals surface area contributed by atoms with Crippen molar-refractivity contribution in [3.63, 3.8) is 0 Å². The molecule has 134 valence electrons. The van der Waals surface area contributed by atoms with Crippen LogP contribution in [0.4, 0.5) is 0 Å². The third-order valence-electron chi connectivity index (χ3n) is 4.43. The van der Waals surface area contributed by atoms with Gasteiger partial charge in [-0.2, -0.15) is 0 Å². The van der Waals surface area contributed by atoms with Crippen LogP contribution in [-0.2, 0) is 15.6 Å². The maximum atomic E-state index is 12.5. The summed E-state index contributed by atoms with van der Waals surface area (Å²) in [6.45, 7) is 0. The molecule has 1 heterocycles. The van der Waals surface area contributed by atoms with Crippen LogP contribution in [0.15, 0.2) is 52.0 Å². The minimum absolute atomic E-state index is 0.0282. The topological polar surface area (TPSA) is 96.6 Å². The molecule has 0 atom stereocenters. The van der Waals surface area contributed by atoms with Gasteiger partial charge in [-0.05, 0) is 43.9 Å². The molecule has 0 radical (unpaired) electrons. The van der Waals surface area contributed by atoms with Gasteiger partial charge in [0.25, 0.3) is 5.91 Å². The summed E-state index contributed by atoms with van der Waals surface area (Å²) in [5.74, 6) is -0.671. The van der Waals surface area contributed by atoms with Gasteiger partial charge in [0.15, 0.2) is 15.6 Å². The van der Waals surface area contributed by atoms with Crippen LogP contribution in [0.1, 0.15) is 41.8 Å². The lowest BCUT2D eigenvalue weighted by Gasteiger charge is -2.25. The second-order valence-electron chi connectivity index (χ2n) is 6.33. The van der Waals surface area contributed by atoms with Crippen LogP contribution >= 0.6 is 0 Å². The summed E-state index contributed by atoms with van der Waals surface area (Å²) >= 11 is 0. The van der Waals surface area contributed by atoms with Crippen LogP contribution < -0.4 is 5.32 Å². The molecule has 1 aromatic heterocycles. The Labute approximate surface area is 146 Å². The van der Waals surface area contributed by atoms with E-state index < -0.39 is 15.7 Å². The fraction of sp³-hybridized carbons (Fsp3) is 0.389. The Kier molecular flexibility index (Phi) is 5.24. The first-order chi connectivity index (χ1) is 12.0. The summed E-state index contributed by atoms with van der Waals surface area (Å²) in [6, 6.07) is 9.61. The number of furan rings is 1. The Balaban J connectivity index is 1.71. The number of aliphatic hydroxyl groups excluding tert-OH is 1. The summed E-state index contributed by atoms with van der Waals surface area (Å²) in [6.07, 6.45) is 3.73. The van der Waals surface area contributed by atoms with E-state index in [1.54, 1.807) is 18.2 Å². The molecule has 6 nitrogen and oxygen atoms in total. The SMILES string of the molecule is O=C(NC1CCC(O)CC1)c1occc1CS(=O)(=O)c1ccccc1. The number of aliphatic hydroxyl groups is 1. The zero-order valence-electron chi connectivity index (χ0n) is 13.7. The van der Waals surface area contributed by atoms with E-state index in [4.69, 9.17) is 4.42 Å². The second-order valence-corrected chi connectivity index (χ2v) is 8.32. The number of benzene rings is 1. The lowest BCUT2D eigenvalue weighted by atomic mass is 9.93. The first kappa shape index (κ1) is 17.7. The van der Waals surface area contributed by atoms with E-state index in [0.717, 1.165) is 0 Å². The molecule has 1 aromatic carbocycles. The molecule has 1 saturated carbocycles. The van der Waals surface area contributed by atoms with Crippen molar-refractivity contribution in [1.29, 1.82) is 0 Å². The Morgan fingerprint density at radius 1 is 1.12 bits per heavy atom. The van der Waals surface area contributed by atoms with Crippen molar-refractivity contribution in [3.8, 4) is 0 Å². The van der Waals surface area contributed by atoms with Gasteiger partial charge in [-0.15, -0.1) is 0 Å². The molecule has 0 spiro atoms. The van der Waals surface area contributed by atoms with Crippen molar-refractivity contribution in [2.24, 2.45) is 0 Å². The zero-order chi connectivity index (χ0) is 17.9. The van der Waals surface area contributed by atoms with E-state index in [-0.39, 0.29) is 28.6 Å². The van der Waals surface area contributed by atoms with Crippen molar-refractivity contribution in [2.45, 2.75) is 48.5 Å². The molecule has 3 rings (SSSR count). The molecule has 0 bridgehead atoms. The number of hydrogen-bond donors (Lipinski definition) is 2. The highest BCUT2D eigenvalue weighted by Gasteiger charge is 2.26. The van der Waals surface area contributed by atoms with Gasteiger partial charge in [0.05, 0.1) is 23.0 Å². The van der Waals surface area contributed by atoms with Crippen LogP contribution in [0.25, 0.3) is 0 Å². The van der Waals surface area contributed by atoms with Crippen LogP contribution in [-0.4, -0.2) is 31.6 Å². The number of hydrogen-bond acceptors (Lipinski definition) is 5. The fourth-order valence-corrected chi connectivity index (χ4v) is 4.41. The number of sulfone groups is 1. The monoisotopic (exact) mass is 363 g/mol. The van der Waals surface area contributed by atoms with Gasteiger partial charge in [-0.25, -0.2) is 8.42 Å². The third kappa shape index (κ3) is 4.29. The Morgan fingerprint density at radius 3 is 2.48 bits per heavy atom. The standard InChI is InChI=1S/C18H21NO5S/c20-15-8-6-14(7-9-15)19-18(21)17-13(10-11-24-17)12-25(22,23)16-4-2-1-3-5-16/h1-5,10-11,14-15,20H,6-9,12H2,(H,19,21). The third-order valence-corrected chi connectivity index (χ3v) is 6.11. The van der Waals surface area contributed by atoms with Crippen molar-refractivity contribution >= 4 is 15.7 Å². The van der Waals surface area contributed by atoms with Gasteiger partial charge in [-0.3, -0.25) is 4.79 Å². The molecule has 25 heavy (non-hydrogen) atoms. The van der Waals surface area contributed by atoms with Crippen molar-refractivity contribution in [2.75, 3.05) is 0 Å². The van der Waals surface area contributed by atoms with Crippen LogP contribution in [0.2, 0.25) is 0 Å².